The van der Waals surface area contributed by atoms with Gasteiger partial charge in [-0.15, -0.1) is 0 Å². The summed E-state index contributed by atoms with van der Waals surface area (Å²) in [5, 5.41) is 2.04. The summed E-state index contributed by atoms with van der Waals surface area (Å²) in [6, 6.07) is 0. The monoisotopic (exact) mass is 234 g/mol. The summed E-state index contributed by atoms with van der Waals surface area (Å²) in [6.07, 6.45) is 12.2. The molecule has 4 aliphatic carbocycles. The van der Waals surface area contributed by atoms with Crippen LogP contribution in [0.2, 0.25) is 0 Å². The molecule has 96 valence electrons. The molecule has 4 bridgehead atoms. The Hall–Kier alpha value is -0.0800. The van der Waals surface area contributed by atoms with Crippen LogP contribution in [-0.4, -0.2) is 18.1 Å². The van der Waals surface area contributed by atoms with E-state index < -0.39 is 0 Å². The summed E-state index contributed by atoms with van der Waals surface area (Å²) in [4.78, 5) is 0. The van der Waals surface area contributed by atoms with Crippen molar-refractivity contribution in [3.8, 4) is 0 Å². The third-order valence-electron chi connectivity index (χ3n) is 6.48. The molecule has 17 heavy (non-hydrogen) atoms. The lowest BCUT2D eigenvalue weighted by molar-refractivity contribution is -0.0996. The van der Waals surface area contributed by atoms with E-state index in [9.17, 15) is 0 Å². The van der Waals surface area contributed by atoms with E-state index in [1.54, 1.807) is 38.5 Å². The Balaban J connectivity index is 1.56. The number of rotatable bonds is 1. The van der Waals surface area contributed by atoms with E-state index in [-0.39, 0.29) is 0 Å². The Morgan fingerprint density at radius 1 is 0.824 bits per heavy atom. The molecule has 0 unspecified atom stereocenters. The molecule has 1 saturated heterocycles. The fraction of sp³-hybridized carbons (Fsp3) is 1.00. The van der Waals surface area contributed by atoms with Crippen molar-refractivity contribution in [1.29, 1.82) is 0 Å². The quantitative estimate of drug-likeness (QED) is 0.707. The van der Waals surface area contributed by atoms with Crippen LogP contribution in [0.5, 0.6) is 0 Å². The predicted octanol–water partition coefficient (Wildman–Crippen LogP) is 2.79. The maximum Gasteiger partial charge on any atom is 0.0131 e. The van der Waals surface area contributed by atoms with Crippen LogP contribution >= 0.6 is 0 Å². The number of hydrogen-bond donors (Lipinski definition) is 1. The summed E-state index contributed by atoms with van der Waals surface area (Å²) < 4.78 is 0. The second-order valence-corrected chi connectivity index (χ2v) is 7.59. The van der Waals surface area contributed by atoms with E-state index in [0.29, 0.717) is 0 Å². The minimum atomic E-state index is 0.774. The van der Waals surface area contributed by atoms with Gasteiger partial charge in [-0.3, -0.25) is 5.84 Å². The highest BCUT2D eigenvalue weighted by Gasteiger charge is 2.53. The summed E-state index contributed by atoms with van der Waals surface area (Å²) in [7, 11) is 0. The van der Waals surface area contributed by atoms with Crippen LogP contribution in [0, 0.1) is 29.1 Å². The highest BCUT2D eigenvalue weighted by Crippen LogP contribution is 2.63. The molecular weight excluding hydrogens is 208 g/mol. The van der Waals surface area contributed by atoms with E-state index in [4.69, 9.17) is 5.84 Å². The normalized spacial score (nSPS) is 51.0. The zero-order valence-electron chi connectivity index (χ0n) is 10.9. The molecule has 2 heteroatoms. The van der Waals surface area contributed by atoms with Crippen molar-refractivity contribution in [3.05, 3.63) is 0 Å². The van der Waals surface area contributed by atoms with E-state index in [1.807, 2.05) is 5.01 Å². The van der Waals surface area contributed by atoms with Crippen LogP contribution in [0.4, 0.5) is 0 Å². The molecule has 0 amide bonds. The molecule has 1 heterocycles. The highest BCUT2D eigenvalue weighted by molar-refractivity contribution is 5.04. The highest BCUT2D eigenvalue weighted by atomic mass is 15.4. The van der Waals surface area contributed by atoms with Gasteiger partial charge >= 0.3 is 0 Å². The minimum absolute atomic E-state index is 0.774. The van der Waals surface area contributed by atoms with Gasteiger partial charge in [0.1, 0.15) is 0 Å². The topological polar surface area (TPSA) is 29.3 Å². The van der Waals surface area contributed by atoms with Gasteiger partial charge in [-0.05, 0) is 80.5 Å². The molecule has 0 aromatic carbocycles. The van der Waals surface area contributed by atoms with Crippen molar-refractivity contribution < 1.29 is 0 Å². The van der Waals surface area contributed by atoms with Crippen molar-refractivity contribution >= 4 is 0 Å². The SMILES string of the molecule is NN1CCC(C23CC4CC(CC(C4)C2)C3)CC1. The van der Waals surface area contributed by atoms with Crippen molar-refractivity contribution in [2.75, 3.05) is 13.1 Å². The lowest BCUT2D eigenvalue weighted by Gasteiger charge is -2.60. The maximum atomic E-state index is 5.92. The first-order valence-electron chi connectivity index (χ1n) is 7.73. The van der Waals surface area contributed by atoms with Crippen molar-refractivity contribution in [2.45, 2.75) is 51.4 Å². The van der Waals surface area contributed by atoms with E-state index in [0.717, 1.165) is 42.2 Å². The van der Waals surface area contributed by atoms with E-state index >= 15 is 0 Å². The number of hydrogen-bond acceptors (Lipinski definition) is 2. The summed E-state index contributed by atoms with van der Waals surface area (Å²) in [5.41, 5.74) is 0.774. The predicted molar refractivity (Wildman–Crippen MR) is 69.1 cm³/mol. The lowest BCUT2D eigenvalue weighted by Crippen LogP contribution is -2.52. The number of piperidine rings is 1. The average molecular weight is 234 g/mol. The number of nitrogens with zero attached hydrogens (tertiary/aromatic N) is 1. The molecule has 2 nitrogen and oxygen atoms in total. The largest absolute Gasteiger partial charge is 0.269 e. The molecule has 0 aromatic heterocycles. The molecule has 0 aromatic rings. The Kier molecular flexibility index (Phi) is 2.36. The van der Waals surface area contributed by atoms with Gasteiger partial charge in [0.05, 0.1) is 0 Å². The first kappa shape index (κ1) is 10.8. The van der Waals surface area contributed by atoms with Gasteiger partial charge in [0, 0.05) is 13.1 Å². The van der Waals surface area contributed by atoms with Crippen LogP contribution < -0.4 is 5.84 Å². The standard InChI is InChI=1S/C15H26N2/c16-17-3-1-14(2-4-17)15-8-11-5-12(9-15)7-13(6-11)10-15/h11-14H,1-10,16H2. The molecule has 1 aliphatic heterocycles. The third kappa shape index (κ3) is 1.67. The third-order valence-corrected chi connectivity index (χ3v) is 6.48. The Labute approximate surface area is 105 Å². The smallest absolute Gasteiger partial charge is 0.0131 e. The van der Waals surface area contributed by atoms with Crippen LogP contribution in [0.1, 0.15) is 51.4 Å². The maximum absolute atomic E-state index is 5.92. The van der Waals surface area contributed by atoms with Crippen molar-refractivity contribution in [3.63, 3.8) is 0 Å². The first-order chi connectivity index (χ1) is 8.23. The van der Waals surface area contributed by atoms with Gasteiger partial charge in [0.15, 0.2) is 0 Å². The average Bonchev–Trinajstić information content (AvgIpc) is 2.27. The Bertz CT molecular complexity index is 269. The fourth-order valence-corrected chi connectivity index (χ4v) is 6.19. The molecule has 5 rings (SSSR count). The summed E-state index contributed by atoms with van der Waals surface area (Å²) >= 11 is 0. The second-order valence-electron chi connectivity index (χ2n) is 7.59. The molecule has 0 spiro atoms. The van der Waals surface area contributed by atoms with Gasteiger partial charge in [-0.25, -0.2) is 5.01 Å². The molecule has 0 radical (unpaired) electrons. The molecule has 5 aliphatic rings. The number of nitrogens with two attached hydrogens (primary N) is 1. The minimum Gasteiger partial charge on any atom is -0.269 e. The van der Waals surface area contributed by atoms with Crippen LogP contribution in [-0.2, 0) is 0 Å². The van der Waals surface area contributed by atoms with Crippen molar-refractivity contribution in [2.24, 2.45) is 34.9 Å². The van der Waals surface area contributed by atoms with Gasteiger partial charge in [-0.2, -0.15) is 0 Å². The Morgan fingerprint density at radius 3 is 1.76 bits per heavy atom. The molecule has 2 N–H and O–H groups in total. The molecular formula is C15H26N2. The van der Waals surface area contributed by atoms with E-state index in [2.05, 4.69) is 0 Å². The van der Waals surface area contributed by atoms with Gasteiger partial charge in [-0.1, -0.05) is 0 Å². The van der Waals surface area contributed by atoms with Crippen LogP contribution in [0.25, 0.3) is 0 Å². The molecule has 5 fully saturated rings. The lowest BCUT2D eigenvalue weighted by atomic mass is 9.45. The van der Waals surface area contributed by atoms with Crippen molar-refractivity contribution in [1.82, 2.24) is 5.01 Å². The van der Waals surface area contributed by atoms with Crippen LogP contribution in [0.3, 0.4) is 0 Å². The second kappa shape index (κ2) is 3.71. The van der Waals surface area contributed by atoms with E-state index in [1.165, 1.54) is 12.8 Å². The number of hydrazine groups is 1. The zero-order chi connectivity index (χ0) is 11.5. The first-order valence-corrected chi connectivity index (χ1v) is 7.73. The molecule has 0 atom stereocenters. The summed E-state index contributed by atoms with van der Waals surface area (Å²) in [6.45, 7) is 2.29. The molecule has 4 saturated carbocycles. The zero-order valence-corrected chi connectivity index (χ0v) is 10.9. The Morgan fingerprint density at radius 2 is 1.29 bits per heavy atom. The van der Waals surface area contributed by atoms with Gasteiger partial charge < -0.3 is 0 Å². The van der Waals surface area contributed by atoms with Gasteiger partial charge in [0.2, 0.25) is 0 Å². The van der Waals surface area contributed by atoms with Gasteiger partial charge in [0.25, 0.3) is 0 Å². The fourth-order valence-electron chi connectivity index (χ4n) is 6.19. The summed E-state index contributed by atoms with van der Waals surface area (Å²) in [5.74, 6) is 10.3. The van der Waals surface area contributed by atoms with Crippen LogP contribution in [0.15, 0.2) is 0 Å².